The molecule has 4 rings (SSSR count). The van der Waals surface area contributed by atoms with Crippen molar-refractivity contribution >= 4 is 34.9 Å². The number of nitrogens with one attached hydrogen (secondary N) is 1. The van der Waals surface area contributed by atoms with Crippen molar-refractivity contribution < 1.29 is 18.0 Å². The highest BCUT2D eigenvalue weighted by atomic mass is 32.2. The molecule has 0 bridgehead atoms. The van der Waals surface area contributed by atoms with E-state index in [1.807, 2.05) is 18.2 Å². The number of urea groups is 1. The lowest BCUT2D eigenvalue weighted by atomic mass is 10.0. The monoisotopic (exact) mass is 458 g/mol. The van der Waals surface area contributed by atoms with Crippen LogP contribution >= 0.6 is 11.8 Å². The number of pyridine rings is 1. The number of benzene rings is 2. The van der Waals surface area contributed by atoms with Gasteiger partial charge in [0.25, 0.3) is 0 Å². The number of nitrogens with zero attached hydrogens (tertiary/aromatic N) is 2. The highest BCUT2D eigenvalue weighted by molar-refractivity contribution is 7.98. The molecule has 32 heavy (non-hydrogen) atoms. The predicted octanol–water partition coefficient (Wildman–Crippen LogP) is 5.59. The number of rotatable bonds is 4. The van der Waals surface area contributed by atoms with Gasteiger partial charge in [0.1, 0.15) is 0 Å². The van der Waals surface area contributed by atoms with E-state index in [2.05, 4.69) is 10.3 Å². The number of amides is 2. The fraction of sp³-hybridized carbons (Fsp3) is 0.217. The minimum Gasteiger partial charge on any atom is -0.397 e. The molecule has 2 amide bonds. The summed E-state index contributed by atoms with van der Waals surface area (Å²) in [5.41, 5.74) is 9.25. The van der Waals surface area contributed by atoms with E-state index in [9.17, 15) is 18.0 Å². The lowest BCUT2D eigenvalue weighted by Gasteiger charge is -2.21. The van der Waals surface area contributed by atoms with E-state index in [0.29, 0.717) is 30.8 Å². The zero-order chi connectivity index (χ0) is 22.9. The Kier molecular flexibility index (Phi) is 6.01. The molecule has 1 aliphatic heterocycles. The number of carbonyl (C=O) groups is 1. The first-order valence-corrected chi connectivity index (χ1v) is 11.1. The van der Waals surface area contributed by atoms with Crippen LogP contribution in [0.25, 0.3) is 0 Å². The van der Waals surface area contributed by atoms with Crippen molar-refractivity contribution in [2.24, 2.45) is 0 Å². The molecule has 0 atom stereocenters. The van der Waals surface area contributed by atoms with Gasteiger partial charge in [0.05, 0.1) is 16.9 Å². The molecule has 0 saturated heterocycles. The number of fused-ring (bicyclic) bond motifs is 1. The van der Waals surface area contributed by atoms with Crippen LogP contribution in [0.2, 0.25) is 0 Å². The summed E-state index contributed by atoms with van der Waals surface area (Å²) in [6.45, 7) is 0.299. The Bertz CT molecular complexity index is 1150. The lowest BCUT2D eigenvalue weighted by molar-refractivity contribution is -0.139. The van der Waals surface area contributed by atoms with Crippen molar-refractivity contribution in [3.8, 4) is 0 Å². The number of thioether (sulfide) groups is 1. The normalized spacial score (nSPS) is 13.2. The molecular formula is C23H21F3N4OS. The Hall–Kier alpha value is -3.20. The van der Waals surface area contributed by atoms with Crippen LogP contribution in [0.3, 0.4) is 0 Å². The first-order chi connectivity index (χ1) is 15.3. The molecule has 1 aromatic heterocycles. The molecule has 0 saturated carbocycles. The van der Waals surface area contributed by atoms with Crippen molar-refractivity contribution in [3.05, 3.63) is 77.1 Å². The zero-order valence-electron chi connectivity index (χ0n) is 17.2. The summed E-state index contributed by atoms with van der Waals surface area (Å²) in [7, 11) is 0. The molecule has 3 N–H and O–H groups in total. The van der Waals surface area contributed by atoms with Crippen LogP contribution in [0, 0.1) is 0 Å². The zero-order valence-corrected chi connectivity index (χ0v) is 18.1. The largest absolute Gasteiger partial charge is 0.417 e. The molecule has 0 unspecified atom stereocenters. The van der Waals surface area contributed by atoms with Gasteiger partial charge in [-0.25, -0.2) is 4.79 Å². The van der Waals surface area contributed by atoms with Crippen molar-refractivity contribution in [1.82, 2.24) is 4.98 Å². The summed E-state index contributed by atoms with van der Waals surface area (Å²) in [5, 5.41) is 2.77. The third-order valence-corrected chi connectivity index (χ3v) is 6.21. The number of hydrogen-bond donors (Lipinski definition) is 2. The van der Waals surface area contributed by atoms with Crippen LogP contribution in [0.4, 0.5) is 35.0 Å². The van der Waals surface area contributed by atoms with Gasteiger partial charge in [0, 0.05) is 29.5 Å². The van der Waals surface area contributed by atoms with E-state index in [0.717, 1.165) is 34.5 Å². The molecule has 1 aliphatic rings. The number of carbonyl (C=O) groups excluding carboxylic acids is 1. The van der Waals surface area contributed by atoms with Gasteiger partial charge in [-0.3, -0.25) is 9.88 Å². The quantitative estimate of drug-likeness (QED) is 0.395. The third-order valence-electron chi connectivity index (χ3n) is 5.43. The Labute approximate surface area is 187 Å². The SMILES string of the molecule is CSc1cc2c(cc1C(F)(F)F)N(C(=O)Nc1cccc(Cc3ccncc3)c1N)CC2. The maximum Gasteiger partial charge on any atom is 0.417 e. The average molecular weight is 459 g/mol. The standard InChI is InChI=1S/C23H21F3N4OS/c1-32-20-12-15-7-10-30(19(15)13-17(20)23(24,25)26)22(31)29-18-4-2-3-16(21(18)27)11-14-5-8-28-9-6-14/h2-6,8-9,12-13H,7,10-11,27H2,1H3,(H,29,31). The van der Waals surface area contributed by atoms with E-state index in [1.54, 1.807) is 30.8 Å². The molecule has 166 valence electrons. The van der Waals surface area contributed by atoms with Crippen molar-refractivity contribution in [3.63, 3.8) is 0 Å². The summed E-state index contributed by atoms with van der Waals surface area (Å²) in [6.07, 6.45) is 1.56. The number of nitrogen functional groups attached to an aromatic ring is 1. The second kappa shape index (κ2) is 8.74. The average Bonchev–Trinajstić information content (AvgIpc) is 3.19. The first kappa shape index (κ1) is 22.0. The predicted molar refractivity (Wildman–Crippen MR) is 121 cm³/mol. The summed E-state index contributed by atoms with van der Waals surface area (Å²) in [5.74, 6) is 0. The fourth-order valence-electron chi connectivity index (χ4n) is 3.80. The number of nitrogens with two attached hydrogens (primary N) is 1. The van der Waals surface area contributed by atoms with Crippen LogP contribution in [0.5, 0.6) is 0 Å². The molecule has 9 heteroatoms. The van der Waals surface area contributed by atoms with Gasteiger partial charge in [0.15, 0.2) is 0 Å². The third kappa shape index (κ3) is 4.38. The Balaban J connectivity index is 1.58. The molecule has 0 spiro atoms. The van der Waals surface area contributed by atoms with Crippen LogP contribution < -0.4 is 16.0 Å². The van der Waals surface area contributed by atoms with Gasteiger partial charge in [-0.05, 0) is 66.1 Å². The fourth-order valence-corrected chi connectivity index (χ4v) is 4.45. The van der Waals surface area contributed by atoms with Crippen LogP contribution in [-0.4, -0.2) is 23.8 Å². The Morgan fingerprint density at radius 3 is 2.66 bits per heavy atom. The van der Waals surface area contributed by atoms with Gasteiger partial charge in [-0.2, -0.15) is 13.2 Å². The number of aromatic nitrogens is 1. The Morgan fingerprint density at radius 2 is 1.97 bits per heavy atom. The maximum atomic E-state index is 13.5. The highest BCUT2D eigenvalue weighted by Gasteiger charge is 2.36. The van der Waals surface area contributed by atoms with Gasteiger partial charge >= 0.3 is 12.2 Å². The first-order valence-electron chi connectivity index (χ1n) is 9.91. The summed E-state index contributed by atoms with van der Waals surface area (Å²) in [4.78, 5) is 18.5. The highest BCUT2D eigenvalue weighted by Crippen LogP contribution is 2.42. The lowest BCUT2D eigenvalue weighted by Crippen LogP contribution is -2.33. The number of para-hydroxylation sites is 1. The van der Waals surface area contributed by atoms with E-state index >= 15 is 0 Å². The van der Waals surface area contributed by atoms with Crippen molar-refractivity contribution in [2.45, 2.75) is 23.9 Å². The smallest absolute Gasteiger partial charge is 0.397 e. The van der Waals surface area contributed by atoms with Gasteiger partial charge < -0.3 is 11.1 Å². The summed E-state index contributed by atoms with van der Waals surface area (Å²) < 4.78 is 40.5. The minimum absolute atomic E-state index is 0.159. The molecule has 5 nitrogen and oxygen atoms in total. The topological polar surface area (TPSA) is 71.2 Å². The number of anilines is 3. The van der Waals surface area contributed by atoms with Gasteiger partial charge in [0.2, 0.25) is 0 Å². The molecule has 3 aromatic rings. The molecule has 2 heterocycles. The van der Waals surface area contributed by atoms with E-state index in [1.165, 1.54) is 11.0 Å². The van der Waals surface area contributed by atoms with Crippen molar-refractivity contribution in [1.29, 1.82) is 0 Å². The maximum absolute atomic E-state index is 13.5. The minimum atomic E-state index is -4.50. The van der Waals surface area contributed by atoms with E-state index in [-0.39, 0.29) is 10.6 Å². The van der Waals surface area contributed by atoms with Crippen LogP contribution in [0.1, 0.15) is 22.3 Å². The second-order valence-electron chi connectivity index (χ2n) is 7.42. The summed E-state index contributed by atoms with van der Waals surface area (Å²) in [6, 6.07) is 11.2. The number of alkyl halides is 3. The van der Waals surface area contributed by atoms with Crippen molar-refractivity contribution in [2.75, 3.05) is 28.8 Å². The number of halogens is 3. The van der Waals surface area contributed by atoms with Crippen LogP contribution in [-0.2, 0) is 19.0 Å². The van der Waals surface area contributed by atoms with Gasteiger partial charge in [-0.1, -0.05) is 12.1 Å². The van der Waals surface area contributed by atoms with Gasteiger partial charge in [-0.15, -0.1) is 11.8 Å². The van der Waals surface area contributed by atoms with E-state index in [4.69, 9.17) is 5.73 Å². The molecule has 0 radical (unpaired) electrons. The Morgan fingerprint density at radius 1 is 1.22 bits per heavy atom. The van der Waals surface area contributed by atoms with E-state index < -0.39 is 17.8 Å². The molecule has 2 aromatic carbocycles. The van der Waals surface area contributed by atoms with Crippen LogP contribution in [0.15, 0.2) is 59.8 Å². The summed E-state index contributed by atoms with van der Waals surface area (Å²) >= 11 is 1.05. The molecule has 0 fully saturated rings. The molecular weight excluding hydrogens is 437 g/mol. The molecule has 0 aliphatic carbocycles. The number of hydrogen-bond acceptors (Lipinski definition) is 4. The second-order valence-corrected chi connectivity index (χ2v) is 8.27.